The van der Waals surface area contributed by atoms with Gasteiger partial charge in [-0.25, -0.2) is 5.32 Å². The number of aromatic hydroxyl groups is 1. The van der Waals surface area contributed by atoms with Gasteiger partial charge in [-0.3, -0.25) is 4.79 Å². The Balaban J connectivity index is 2.68. The Kier molecular flexibility index (Phi) is 4.70. The van der Waals surface area contributed by atoms with Gasteiger partial charge in [-0.2, -0.15) is 8.78 Å². The van der Waals surface area contributed by atoms with Crippen LogP contribution in [0, 0.1) is 0 Å². The summed E-state index contributed by atoms with van der Waals surface area (Å²) in [4.78, 5) is 11.0. The first-order valence-corrected chi connectivity index (χ1v) is 4.98. The van der Waals surface area contributed by atoms with E-state index in [1.165, 1.54) is 12.1 Å². The largest absolute Gasteiger partial charge is 0.508 e. The van der Waals surface area contributed by atoms with Gasteiger partial charge in [0.2, 0.25) is 5.12 Å². The number of halogens is 2. The fourth-order valence-electron chi connectivity index (χ4n) is 1.24. The minimum atomic E-state index is -2.77. The van der Waals surface area contributed by atoms with Crippen molar-refractivity contribution in [1.29, 1.82) is 0 Å². The van der Waals surface area contributed by atoms with Crippen molar-refractivity contribution in [3.05, 3.63) is 29.8 Å². The molecule has 0 saturated carbocycles. The Morgan fingerprint density at radius 2 is 1.94 bits per heavy atom. The van der Waals surface area contributed by atoms with Crippen LogP contribution in [0.2, 0.25) is 0 Å². The lowest BCUT2D eigenvalue weighted by molar-refractivity contribution is -0.113. The second-order valence-electron chi connectivity index (χ2n) is 3.23. The normalized spacial score (nSPS) is 12.8. The van der Waals surface area contributed by atoms with Gasteiger partial charge in [-0.1, -0.05) is 12.1 Å². The van der Waals surface area contributed by atoms with E-state index in [9.17, 15) is 13.6 Å². The van der Waals surface area contributed by atoms with Gasteiger partial charge in [0.25, 0.3) is 6.55 Å². The van der Waals surface area contributed by atoms with Crippen LogP contribution in [0.25, 0.3) is 0 Å². The van der Waals surface area contributed by atoms with Crippen molar-refractivity contribution < 1.29 is 18.7 Å². The first-order chi connectivity index (χ1) is 7.49. The van der Waals surface area contributed by atoms with E-state index in [-0.39, 0.29) is 12.2 Å². The number of rotatable bonds is 5. The molecule has 0 amide bonds. The summed E-state index contributed by atoms with van der Waals surface area (Å²) in [5.74, 6) is 0.0827. The standard InChI is InChI=1S/C10H11F2NO2S/c11-10(12)13-8(9(15)16)5-6-1-3-7(14)4-2-6/h1-4,8,10,13-14H,5H2,(H,15,16)/t8-/m0/s1. The van der Waals surface area contributed by atoms with E-state index in [1.807, 2.05) is 5.32 Å². The maximum Gasteiger partial charge on any atom is 0.293 e. The Bertz CT molecular complexity index is 356. The van der Waals surface area contributed by atoms with Crippen LogP contribution in [0.5, 0.6) is 5.75 Å². The monoisotopic (exact) mass is 247 g/mol. The number of alkyl halides is 2. The summed E-state index contributed by atoms with van der Waals surface area (Å²) >= 11 is 3.53. The number of carbonyl (C=O) groups excluding carboxylic acids is 1. The molecule has 0 spiro atoms. The highest BCUT2D eigenvalue weighted by Crippen LogP contribution is 2.12. The molecule has 0 aliphatic heterocycles. The summed E-state index contributed by atoms with van der Waals surface area (Å²) < 4.78 is 24.1. The lowest BCUT2D eigenvalue weighted by Crippen LogP contribution is -2.39. The van der Waals surface area contributed by atoms with Crippen molar-refractivity contribution in [2.75, 3.05) is 0 Å². The van der Waals surface area contributed by atoms with E-state index in [0.717, 1.165) is 0 Å². The van der Waals surface area contributed by atoms with Crippen LogP contribution in [0.3, 0.4) is 0 Å². The number of nitrogens with one attached hydrogen (secondary N) is 1. The van der Waals surface area contributed by atoms with E-state index in [2.05, 4.69) is 12.6 Å². The maximum absolute atomic E-state index is 12.1. The van der Waals surface area contributed by atoms with Crippen molar-refractivity contribution in [3.63, 3.8) is 0 Å². The van der Waals surface area contributed by atoms with E-state index in [0.29, 0.717) is 5.56 Å². The molecule has 0 fully saturated rings. The minimum absolute atomic E-state index is 0.0827. The first kappa shape index (κ1) is 12.9. The summed E-state index contributed by atoms with van der Waals surface area (Å²) in [6.45, 7) is -2.77. The molecule has 0 aliphatic rings. The molecule has 0 saturated heterocycles. The predicted octanol–water partition coefficient (Wildman–Crippen LogP) is 1.57. The Morgan fingerprint density at radius 3 is 2.38 bits per heavy atom. The number of phenolic OH excluding ortho intramolecular Hbond substituents is 1. The third-order valence-corrected chi connectivity index (χ3v) is 2.31. The van der Waals surface area contributed by atoms with Crippen LogP contribution in [-0.2, 0) is 11.2 Å². The van der Waals surface area contributed by atoms with E-state index in [1.54, 1.807) is 12.1 Å². The van der Waals surface area contributed by atoms with Crippen LogP contribution in [0.4, 0.5) is 8.78 Å². The summed E-state index contributed by atoms with van der Waals surface area (Å²) in [7, 11) is 0. The zero-order valence-corrected chi connectivity index (χ0v) is 9.12. The molecular weight excluding hydrogens is 236 g/mol. The first-order valence-electron chi connectivity index (χ1n) is 4.54. The zero-order chi connectivity index (χ0) is 12.1. The Morgan fingerprint density at radius 1 is 1.38 bits per heavy atom. The minimum Gasteiger partial charge on any atom is -0.508 e. The highest BCUT2D eigenvalue weighted by Gasteiger charge is 2.19. The quantitative estimate of drug-likeness (QED) is 0.547. The fourth-order valence-corrected chi connectivity index (χ4v) is 1.40. The number of hydrogen-bond donors (Lipinski definition) is 3. The Labute approximate surface area is 96.9 Å². The molecule has 1 aromatic carbocycles. The van der Waals surface area contributed by atoms with Gasteiger partial charge in [-0.05, 0) is 24.1 Å². The van der Waals surface area contributed by atoms with Crippen LogP contribution >= 0.6 is 12.6 Å². The van der Waals surface area contributed by atoms with Crippen molar-refractivity contribution in [3.8, 4) is 5.75 Å². The van der Waals surface area contributed by atoms with Gasteiger partial charge < -0.3 is 5.11 Å². The molecule has 0 bridgehead atoms. The van der Waals surface area contributed by atoms with Crippen LogP contribution in [0.15, 0.2) is 24.3 Å². The number of phenols is 1. The molecule has 0 radical (unpaired) electrons. The summed E-state index contributed by atoms with van der Waals surface area (Å²) in [6.07, 6.45) is 0.104. The molecule has 1 aromatic rings. The molecular formula is C10H11F2NO2S. The number of thiol groups is 1. The molecule has 1 atom stereocenters. The van der Waals surface area contributed by atoms with Crippen molar-refractivity contribution in [2.45, 2.75) is 19.0 Å². The average Bonchev–Trinajstić information content (AvgIpc) is 2.19. The van der Waals surface area contributed by atoms with Crippen LogP contribution < -0.4 is 5.32 Å². The summed E-state index contributed by atoms with van der Waals surface area (Å²) in [5.41, 5.74) is 0.665. The third kappa shape index (κ3) is 4.16. The van der Waals surface area contributed by atoms with Gasteiger partial charge in [0, 0.05) is 0 Å². The van der Waals surface area contributed by atoms with Crippen molar-refractivity contribution >= 4 is 17.7 Å². The lowest BCUT2D eigenvalue weighted by Gasteiger charge is -2.14. The molecule has 0 unspecified atom stereocenters. The van der Waals surface area contributed by atoms with Crippen LogP contribution in [-0.4, -0.2) is 22.8 Å². The van der Waals surface area contributed by atoms with Crippen molar-refractivity contribution in [1.82, 2.24) is 5.32 Å². The number of benzene rings is 1. The molecule has 1 rings (SSSR count). The average molecular weight is 247 g/mol. The molecule has 0 aliphatic carbocycles. The van der Waals surface area contributed by atoms with E-state index >= 15 is 0 Å². The SMILES string of the molecule is O=C(S)[C@H](Cc1ccc(O)cc1)NC(F)F. The van der Waals surface area contributed by atoms with Gasteiger partial charge >= 0.3 is 0 Å². The topological polar surface area (TPSA) is 49.3 Å². The van der Waals surface area contributed by atoms with E-state index < -0.39 is 17.7 Å². The Hall–Kier alpha value is -1.14. The maximum atomic E-state index is 12.1. The number of carbonyl (C=O) groups is 1. The highest BCUT2D eigenvalue weighted by atomic mass is 32.1. The van der Waals surface area contributed by atoms with E-state index in [4.69, 9.17) is 5.11 Å². The summed E-state index contributed by atoms with van der Waals surface area (Å²) in [5, 5.41) is 10.2. The molecule has 3 nitrogen and oxygen atoms in total. The molecule has 6 heteroatoms. The van der Waals surface area contributed by atoms with Gasteiger partial charge in [-0.15, -0.1) is 12.6 Å². The summed E-state index contributed by atoms with van der Waals surface area (Å²) in [6, 6.07) is 4.95. The second kappa shape index (κ2) is 5.81. The zero-order valence-electron chi connectivity index (χ0n) is 8.23. The predicted molar refractivity (Wildman–Crippen MR) is 58.7 cm³/mol. The van der Waals surface area contributed by atoms with Gasteiger partial charge in [0.15, 0.2) is 0 Å². The molecule has 16 heavy (non-hydrogen) atoms. The van der Waals surface area contributed by atoms with Gasteiger partial charge in [0.1, 0.15) is 5.75 Å². The molecule has 0 aromatic heterocycles. The second-order valence-corrected chi connectivity index (χ2v) is 3.67. The highest BCUT2D eigenvalue weighted by molar-refractivity contribution is 7.96. The van der Waals surface area contributed by atoms with Crippen molar-refractivity contribution in [2.24, 2.45) is 0 Å². The lowest BCUT2D eigenvalue weighted by atomic mass is 10.1. The fraction of sp³-hybridized carbons (Fsp3) is 0.300. The number of hydrogen-bond acceptors (Lipinski definition) is 3. The molecule has 88 valence electrons. The molecule has 0 heterocycles. The third-order valence-electron chi connectivity index (χ3n) is 2.00. The smallest absolute Gasteiger partial charge is 0.293 e. The van der Waals surface area contributed by atoms with Crippen LogP contribution in [0.1, 0.15) is 5.56 Å². The molecule has 2 N–H and O–H groups in total. The van der Waals surface area contributed by atoms with Gasteiger partial charge in [0.05, 0.1) is 6.04 Å².